The van der Waals surface area contributed by atoms with E-state index in [0.717, 1.165) is 12.1 Å². The zero-order valence-electron chi connectivity index (χ0n) is 10.9. The second kappa shape index (κ2) is 4.53. The van der Waals surface area contributed by atoms with Gasteiger partial charge in [0.15, 0.2) is 0 Å². The quantitative estimate of drug-likeness (QED) is 0.798. The normalized spacial score (nSPS) is 16.3. The molecule has 116 valence electrons. The zero-order valence-corrected chi connectivity index (χ0v) is 12.5. The Morgan fingerprint density at radius 1 is 0.727 bits per heavy atom. The molecule has 2 N–H and O–H groups in total. The second-order valence-electron chi connectivity index (χ2n) is 4.66. The van der Waals surface area contributed by atoms with Gasteiger partial charge >= 0.3 is 0 Å². The predicted molar refractivity (Wildman–Crippen MR) is 76.8 cm³/mol. The van der Waals surface area contributed by atoms with Gasteiger partial charge in [-0.25, -0.2) is 0 Å². The summed E-state index contributed by atoms with van der Waals surface area (Å²) >= 11 is 0. The van der Waals surface area contributed by atoms with Crippen LogP contribution >= 0.6 is 0 Å². The summed E-state index contributed by atoms with van der Waals surface area (Å²) in [5.74, 6) is -0.173. The molecule has 7 nitrogen and oxygen atoms in total. The Kier molecular flexibility index (Phi) is 3.08. The third kappa shape index (κ3) is 1.80. The van der Waals surface area contributed by atoms with Crippen LogP contribution < -0.4 is 4.74 Å². The van der Waals surface area contributed by atoms with Gasteiger partial charge in [-0.05, 0) is 12.1 Å². The van der Waals surface area contributed by atoms with Crippen molar-refractivity contribution in [2.45, 2.75) is 4.08 Å². The lowest BCUT2D eigenvalue weighted by Crippen LogP contribution is -2.46. The minimum absolute atomic E-state index is 0.0866. The second-order valence-corrected chi connectivity index (χ2v) is 8.04. The highest BCUT2D eigenvalue weighted by atomic mass is 32.3. The predicted octanol–water partition coefficient (Wildman–Crippen LogP) is 1.77. The number of hydrogen-bond acceptors (Lipinski definition) is 5. The highest BCUT2D eigenvalue weighted by Crippen LogP contribution is 2.53. The molecule has 0 unspecified atom stereocenters. The number of para-hydroxylation sites is 2. The van der Waals surface area contributed by atoms with Gasteiger partial charge in [0.2, 0.25) is 0 Å². The molecule has 0 aromatic heterocycles. The Balaban J connectivity index is 2.60. The topological polar surface area (TPSA) is 118 Å². The van der Waals surface area contributed by atoms with Crippen LogP contribution in [0.5, 0.6) is 11.5 Å². The summed E-state index contributed by atoms with van der Waals surface area (Å²) in [6.45, 7) is 0. The van der Waals surface area contributed by atoms with Crippen molar-refractivity contribution in [3.63, 3.8) is 0 Å². The van der Waals surface area contributed by atoms with Gasteiger partial charge < -0.3 is 4.74 Å². The fourth-order valence-electron chi connectivity index (χ4n) is 2.61. The van der Waals surface area contributed by atoms with E-state index in [1.165, 1.54) is 36.4 Å². The molecule has 0 bridgehead atoms. The van der Waals surface area contributed by atoms with Crippen molar-refractivity contribution in [3.8, 4) is 11.5 Å². The Bertz CT molecular complexity index is 882. The minimum Gasteiger partial charge on any atom is -0.457 e. The first-order valence-corrected chi connectivity index (χ1v) is 8.88. The molecular formula is C13H10O7S2. The standard InChI is InChI=1S/C13H10O7S2/c14-21(15,16)13(22(17,18)19)9-5-1-3-7-11(9)20-12-8-4-2-6-10(12)13/h1-8H,(H,14,15,16)(H,17,18,19). The van der Waals surface area contributed by atoms with Crippen LogP contribution in [0.4, 0.5) is 0 Å². The minimum atomic E-state index is -5.29. The Morgan fingerprint density at radius 2 is 1.09 bits per heavy atom. The molecule has 0 saturated heterocycles. The molecule has 0 aliphatic carbocycles. The average Bonchev–Trinajstić information content (AvgIpc) is 2.41. The van der Waals surface area contributed by atoms with Crippen LogP contribution in [-0.4, -0.2) is 25.9 Å². The fraction of sp³-hybridized carbons (Fsp3) is 0.0769. The van der Waals surface area contributed by atoms with Crippen molar-refractivity contribution in [1.29, 1.82) is 0 Å². The van der Waals surface area contributed by atoms with Crippen LogP contribution in [0.3, 0.4) is 0 Å². The monoisotopic (exact) mass is 342 g/mol. The first kappa shape index (κ1) is 15.0. The van der Waals surface area contributed by atoms with E-state index in [1.807, 2.05) is 0 Å². The summed E-state index contributed by atoms with van der Waals surface area (Å²) in [5, 5.41) is 0. The highest BCUT2D eigenvalue weighted by Gasteiger charge is 2.62. The molecule has 0 spiro atoms. The Labute approximate surface area is 126 Å². The van der Waals surface area contributed by atoms with Gasteiger partial charge in [0.05, 0.1) is 0 Å². The van der Waals surface area contributed by atoms with Crippen molar-refractivity contribution in [3.05, 3.63) is 59.7 Å². The molecule has 0 fully saturated rings. The maximum absolute atomic E-state index is 12.0. The summed E-state index contributed by atoms with van der Waals surface area (Å²) in [5.41, 5.74) is -0.752. The third-order valence-electron chi connectivity index (χ3n) is 3.43. The van der Waals surface area contributed by atoms with Crippen LogP contribution in [0.25, 0.3) is 0 Å². The number of fused-ring (bicyclic) bond motifs is 2. The van der Waals surface area contributed by atoms with E-state index < -0.39 is 24.3 Å². The summed E-state index contributed by atoms with van der Waals surface area (Å²) in [4.78, 5) is 0. The molecule has 9 heteroatoms. The molecule has 1 aliphatic rings. The molecule has 0 saturated carbocycles. The van der Waals surface area contributed by atoms with Gasteiger partial charge in [-0.15, -0.1) is 0 Å². The molecule has 1 aliphatic heterocycles. The molecule has 22 heavy (non-hydrogen) atoms. The summed E-state index contributed by atoms with van der Waals surface area (Å²) in [7, 11) is -10.6. The average molecular weight is 342 g/mol. The number of hydrogen-bond donors (Lipinski definition) is 2. The molecule has 3 rings (SSSR count). The third-order valence-corrected chi connectivity index (χ3v) is 7.03. The maximum atomic E-state index is 12.0. The molecular weight excluding hydrogens is 332 g/mol. The van der Waals surface area contributed by atoms with Crippen molar-refractivity contribution in [1.82, 2.24) is 0 Å². The number of benzene rings is 2. The zero-order chi connectivity index (χ0) is 16.2. The van der Waals surface area contributed by atoms with Crippen LogP contribution in [-0.2, 0) is 24.3 Å². The maximum Gasteiger partial charge on any atom is 0.296 e. The van der Waals surface area contributed by atoms with Gasteiger partial charge in [-0.3, -0.25) is 9.11 Å². The van der Waals surface area contributed by atoms with Gasteiger partial charge in [0.25, 0.3) is 24.3 Å². The van der Waals surface area contributed by atoms with E-state index >= 15 is 0 Å². The summed E-state index contributed by atoms with van der Waals surface area (Å²) in [6.07, 6.45) is 0. The SMILES string of the molecule is O=S(=O)(O)C1(S(=O)(=O)O)c2ccccc2Oc2ccccc21. The lowest BCUT2D eigenvalue weighted by molar-refractivity contribution is 0.406. The van der Waals surface area contributed by atoms with E-state index in [2.05, 4.69) is 0 Å². The summed E-state index contributed by atoms with van der Waals surface area (Å²) in [6, 6.07) is 10.8. The first-order valence-electron chi connectivity index (χ1n) is 6.00. The Morgan fingerprint density at radius 3 is 1.45 bits per heavy atom. The smallest absolute Gasteiger partial charge is 0.296 e. The van der Waals surface area contributed by atoms with Gasteiger partial charge in [-0.2, -0.15) is 16.8 Å². The van der Waals surface area contributed by atoms with Crippen molar-refractivity contribution in [2.24, 2.45) is 0 Å². The first-order chi connectivity index (χ1) is 10.2. The molecule has 1 heterocycles. The van der Waals surface area contributed by atoms with Gasteiger partial charge in [0, 0.05) is 11.1 Å². The van der Waals surface area contributed by atoms with E-state index in [4.69, 9.17) is 4.74 Å². The van der Waals surface area contributed by atoms with E-state index in [0.29, 0.717) is 0 Å². The van der Waals surface area contributed by atoms with Gasteiger partial charge in [0.1, 0.15) is 11.5 Å². The largest absolute Gasteiger partial charge is 0.457 e. The van der Waals surface area contributed by atoms with Crippen LogP contribution in [0.1, 0.15) is 11.1 Å². The fourth-order valence-corrected chi connectivity index (χ4v) is 5.46. The highest BCUT2D eigenvalue weighted by molar-refractivity contribution is 8.04. The van der Waals surface area contributed by atoms with Crippen LogP contribution in [0.2, 0.25) is 0 Å². The molecule has 0 amide bonds. The van der Waals surface area contributed by atoms with Crippen molar-refractivity contribution in [2.75, 3.05) is 0 Å². The molecule has 2 aromatic rings. The number of ether oxygens (including phenoxy) is 1. The van der Waals surface area contributed by atoms with E-state index in [-0.39, 0.29) is 22.6 Å². The molecule has 2 aromatic carbocycles. The Hall–Kier alpha value is -1.94. The summed E-state index contributed by atoms with van der Waals surface area (Å²) < 4.78 is 70.0. The lowest BCUT2D eigenvalue weighted by Gasteiger charge is -2.34. The van der Waals surface area contributed by atoms with Crippen LogP contribution in [0, 0.1) is 0 Å². The van der Waals surface area contributed by atoms with E-state index in [9.17, 15) is 25.9 Å². The van der Waals surface area contributed by atoms with Crippen LogP contribution in [0.15, 0.2) is 48.5 Å². The van der Waals surface area contributed by atoms with Gasteiger partial charge in [-0.1, -0.05) is 36.4 Å². The number of rotatable bonds is 2. The van der Waals surface area contributed by atoms with Crippen molar-refractivity contribution < 1.29 is 30.7 Å². The lowest BCUT2D eigenvalue weighted by atomic mass is 9.99. The molecule has 0 radical (unpaired) electrons. The van der Waals surface area contributed by atoms with Crippen molar-refractivity contribution >= 4 is 20.2 Å². The molecule has 0 atom stereocenters. The van der Waals surface area contributed by atoms with E-state index in [1.54, 1.807) is 0 Å².